The van der Waals surface area contributed by atoms with Crippen molar-refractivity contribution in [3.8, 4) is 0 Å². The summed E-state index contributed by atoms with van der Waals surface area (Å²) in [4.78, 5) is 14.5. The molecular weight excluding hydrogens is 174 g/mol. The molecule has 0 radical (unpaired) electrons. The zero-order valence-electron chi connectivity index (χ0n) is 8.74. The second-order valence-electron chi connectivity index (χ2n) is 5.17. The monoisotopic (exact) mass is 193 g/mol. The zero-order chi connectivity index (χ0) is 9.54. The van der Waals surface area contributed by atoms with Crippen LogP contribution < -0.4 is 0 Å². The Morgan fingerprint density at radius 1 is 1.00 bits per heavy atom. The zero-order valence-corrected chi connectivity index (χ0v) is 8.74. The van der Waals surface area contributed by atoms with Gasteiger partial charge in [-0.25, -0.2) is 0 Å². The Kier molecular flexibility index (Phi) is 2.12. The predicted octanol–water partition coefficient (Wildman–Crippen LogP) is 1.84. The first-order chi connectivity index (χ1) is 6.86. The van der Waals surface area contributed by atoms with Crippen molar-refractivity contribution in [2.24, 2.45) is 11.8 Å². The standard InChI is InChI=1S/C12H19NO/c14-12-9-3-5-10(12)11(6-4-9)13-7-1-2-8-13/h9-11H,1-8H2/t9-,10+,11-/m0/s1. The minimum Gasteiger partial charge on any atom is -0.300 e. The first-order valence-electron chi connectivity index (χ1n) is 6.14. The van der Waals surface area contributed by atoms with Crippen LogP contribution in [0.4, 0.5) is 0 Å². The Balaban J connectivity index is 1.76. The Morgan fingerprint density at radius 2 is 1.71 bits per heavy atom. The van der Waals surface area contributed by atoms with Crippen LogP contribution in [-0.4, -0.2) is 29.8 Å². The predicted molar refractivity (Wildman–Crippen MR) is 55.1 cm³/mol. The molecule has 3 fully saturated rings. The normalized spacial score (nSPS) is 43.4. The van der Waals surface area contributed by atoms with Gasteiger partial charge in [0.05, 0.1) is 0 Å². The molecule has 0 unspecified atom stereocenters. The van der Waals surface area contributed by atoms with Crippen LogP contribution in [0.2, 0.25) is 0 Å². The van der Waals surface area contributed by atoms with E-state index in [4.69, 9.17) is 0 Å². The second-order valence-corrected chi connectivity index (χ2v) is 5.17. The molecule has 0 aromatic heterocycles. The van der Waals surface area contributed by atoms with Gasteiger partial charge < -0.3 is 0 Å². The summed E-state index contributed by atoms with van der Waals surface area (Å²) in [6.07, 6.45) is 7.54. The summed E-state index contributed by atoms with van der Waals surface area (Å²) in [6.45, 7) is 2.50. The minimum absolute atomic E-state index is 0.423. The lowest BCUT2D eigenvalue weighted by atomic mass is 9.83. The molecule has 0 N–H and O–H groups in total. The maximum atomic E-state index is 11.9. The van der Waals surface area contributed by atoms with E-state index < -0.39 is 0 Å². The molecule has 1 aliphatic heterocycles. The molecule has 0 aromatic carbocycles. The summed E-state index contributed by atoms with van der Waals surface area (Å²) >= 11 is 0. The Hall–Kier alpha value is -0.370. The molecule has 3 rings (SSSR count). The number of likely N-dealkylation sites (tertiary alicyclic amines) is 1. The molecule has 14 heavy (non-hydrogen) atoms. The molecule has 2 aliphatic carbocycles. The lowest BCUT2D eigenvalue weighted by Crippen LogP contribution is -2.44. The number of Topliss-reactive ketones (excluding diaryl/α,β-unsaturated/α-hetero) is 1. The van der Waals surface area contributed by atoms with Gasteiger partial charge in [-0.3, -0.25) is 9.69 Å². The van der Waals surface area contributed by atoms with Crippen LogP contribution in [0.5, 0.6) is 0 Å². The molecule has 2 nitrogen and oxygen atoms in total. The molecule has 0 amide bonds. The second kappa shape index (κ2) is 3.34. The number of carbonyl (C=O) groups excluding carboxylic acids is 1. The first kappa shape index (κ1) is 8.90. The van der Waals surface area contributed by atoms with E-state index in [1.54, 1.807) is 0 Å². The SMILES string of the molecule is O=C1[C@H]2CC[C@@H]1[C@@H](N1CCCC1)CC2. The van der Waals surface area contributed by atoms with Gasteiger partial charge >= 0.3 is 0 Å². The molecule has 2 saturated carbocycles. The van der Waals surface area contributed by atoms with Crippen molar-refractivity contribution in [3.63, 3.8) is 0 Å². The molecule has 1 saturated heterocycles. The van der Waals surface area contributed by atoms with Crippen LogP contribution in [-0.2, 0) is 4.79 Å². The van der Waals surface area contributed by atoms with Crippen LogP contribution in [0.1, 0.15) is 38.5 Å². The van der Waals surface area contributed by atoms with E-state index in [1.165, 1.54) is 51.6 Å². The maximum absolute atomic E-state index is 11.9. The van der Waals surface area contributed by atoms with Gasteiger partial charge in [-0.05, 0) is 51.6 Å². The Labute approximate surface area is 85.7 Å². The highest BCUT2D eigenvalue weighted by atomic mass is 16.1. The average molecular weight is 193 g/mol. The molecule has 2 heteroatoms. The summed E-state index contributed by atoms with van der Waals surface area (Å²) in [7, 11) is 0. The quantitative estimate of drug-likeness (QED) is 0.633. The van der Waals surface area contributed by atoms with Crippen molar-refractivity contribution in [2.45, 2.75) is 44.6 Å². The van der Waals surface area contributed by atoms with Crippen molar-refractivity contribution >= 4 is 5.78 Å². The topological polar surface area (TPSA) is 20.3 Å². The highest BCUT2D eigenvalue weighted by Gasteiger charge is 2.45. The number of rotatable bonds is 1. The molecule has 3 aliphatic rings. The van der Waals surface area contributed by atoms with Gasteiger partial charge in [0.1, 0.15) is 5.78 Å². The van der Waals surface area contributed by atoms with Gasteiger partial charge in [0.25, 0.3) is 0 Å². The number of nitrogens with zero attached hydrogens (tertiary/aromatic N) is 1. The van der Waals surface area contributed by atoms with Crippen LogP contribution in [0.3, 0.4) is 0 Å². The summed E-state index contributed by atoms with van der Waals surface area (Å²) in [5.41, 5.74) is 0. The van der Waals surface area contributed by atoms with Crippen molar-refractivity contribution in [2.75, 3.05) is 13.1 Å². The van der Waals surface area contributed by atoms with Gasteiger partial charge in [0, 0.05) is 17.9 Å². The van der Waals surface area contributed by atoms with Crippen molar-refractivity contribution in [1.29, 1.82) is 0 Å². The van der Waals surface area contributed by atoms with E-state index in [0.29, 0.717) is 23.7 Å². The fourth-order valence-corrected chi connectivity index (χ4v) is 3.72. The number of hydrogen-bond donors (Lipinski definition) is 0. The molecule has 0 spiro atoms. The van der Waals surface area contributed by atoms with Gasteiger partial charge in [-0.15, -0.1) is 0 Å². The molecule has 3 atom stereocenters. The number of ketones is 1. The fourth-order valence-electron chi connectivity index (χ4n) is 3.72. The van der Waals surface area contributed by atoms with Crippen LogP contribution in [0, 0.1) is 11.8 Å². The third kappa shape index (κ3) is 1.23. The Bertz CT molecular complexity index is 245. The van der Waals surface area contributed by atoms with E-state index in [0.717, 1.165) is 0 Å². The van der Waals surface area contributed by atoms with Crippen molar-refractivity contribution in [1.82, 2.24) is 4.90 Å². The molecule has 0 aromatic rings. The molecule has 78 valence electrons. The number of fused-ring (bicyclic) bond motifs is 2. The lowest BCUT2D eigenvalue weighted by Gasteiger charge is -2.34. The van der Waals surface area contributed by atoms with E-state index in [9.17, 15) is 4.79 Å². The summed E-state index contributed by atoms with van der Waals surface area (Å²) in [5.74, 6) is 1.49. The van der Waals surface area contributed by atoms with Gasteiger partial charge in [0.2, 0.25) is 0 Å². The van der Waals surface area contributed by atoms with Gasteiger partial charge in [0.15, 0.2) is 0 Å². The minimum atomic E-state index is 0.423. The molecule has 1 heterocycles. The third-order valence-corrected chi connectivity index (χ3v) is 4.48. The van der Waals surface area contributed by atoms with Gasteiger partial charge in [-0.2, -0.15) is 0 Å². The largest absolute Gasteiger partial charge is 0.300 e. The Morgan fingerprint density at radius 3 is 2.50 bits per heavy atom. The molecular formula is C12H19NO. The van der Waals surface area contributed by atoms with Crippen molar-refractivity contribution in [3.05, 3.63) is 0 Å². The fraction of sp³-hybridized carbons (Fsp3) is 0.917. The average Bonchev–Trinajstić information content (AvgIpc) is 2.76. The van der Waals surface area contributed by atoms with Gasteiger partial charge in [-0.1, -0.05) is 0 Å². The molecule has 2 bridgehead atoms. The highest BCUT2D eigenvalue weighted by molar-refractivity contribution is 5.86. The summed E-state index contributed by atoms with van der Waals surface area (Å²) < 4.78 is 0. The van der Waals surface area contributed by atoms with Crippen molar-refractivity contribution < 1.29 is 4.79 Å². The summed E-state index contributed by atoms with van der Waals surface area (Å²) in [6, 6.07) is 0.628. The van der Waals surface area contributed by atoms with Crippen LogP contribution >= 0.6 is 0 Å². The smallest absolute Gasteiger partial charge is 0.140 e. The van der Waals surface area contributed by atoms with E-state index in [2.05, 4.69) is 4.90 Å². The van der Waals surface area contributed by atoms with Crippen LogP contribution in [0.25, 0.3) is 0 Å². The number of hydrogen-bond acceptors (Lipinski definition) is 2. The highest BCUT2D eigenvalue weighted by Crippen LogP contribution is 2.41. The van der Waals surface area contributed by atoms with Crippen LogP contribution in [0.15, 0.2) is 0 Å². The van der Waals surface area contributed by atoms with E-state index >= 15 is 0 Å². The van der Waals surface area contributed by atoms with E-state index in [1.807, 2.05) is 0 Å². The van der Waals surface area contributed by atoms with E-state index in [-0.39, 0.29) is 0 Å². The third-order valence-electron chi connectivity index (χ3n) is 4.48. The number of carbonyl (C=O) groups is 1. The first-order valence-corrected chi connectivity index (χ1v) is 6.14. The summed E-state index contributed by atoms with van der Waals surface area (Å²) in [5, 5.41) is 0. The lowest BCUT2D eigenvalue weighted by molar-refractivity contribution is -0.128. The maximum Gasteiger partial charge on any atom is 0.140 e.